The quantitative estimate of drug-likeness (QED) is 0.349. The van der Waals surface area contributed by atoms with E-state index in [1.807, 2.05) is 42.5 Å². The number of aromatic amines is 1. The third kappa shape index (κ3) is 4.08. The first-order valence-corrected chi connectivity index (χ1v) is 11.6. The Balaban J connectivity index is 1.47. The van der Waals surface area contributed by atoms with E-state index in [9.17, 15) is 9.90 Å². The van der Waals surface area contributed by atoms with Crippen LogP contribution in [0.2, 0.25) is 0 Å². The number of phenols is 1. The zero-order valence-electron chi connectivity index (χ0n) is 19.0. The first kappa shape index (κ1) is 20.9. The number of phenolic OH excluding ortho intramolecular Hbond substituents is 1. The number of rotatable bonds is 5. The van der Waals surface area contributed by atoms with Crippen molar-refractivity contribution in [1.82, 2.24) is 14.5 Å². The normalized spacial score (nSPS) is 11.3. The first-order chi connectivity index (χ1) is 17.1. The minimum absolute atomic E-state index is 0.114. The monoisotopic (exact) mass is 457 g/mol. The van der Waals surface area contributed by atoms with Crippen LogP contribution >= 0.6 is 0 Å². The van der Waals surface area contributed by atoms with Crippen molar-refractivity contribution in [3.63, 3.8) is 0 Å². The molecule has 0 radical (unpaired) electrons. The van der Waals surface area contributed by atoms with Crippen molar-refractivity contribution in [1.29, 1.82) is 0 Å². The molecule has 0 spiro atoms. The third-order valence-electron chi connectivity index (χ3n) is 6.34. The molecular formula is C30H23N3O2. The molecule has 0 unspecified atom stereocenters. The lowest BCUT2D eigenvalue weighted by atomic mass is 10.0. The molecule has 170 valence electrons. The van der Waals surface area contributed by atoms with Crippen molar-refractivity contribution in [2.45, 2.75) is 12.8 Å². The number of nitrogens with zero attached hydrogens (tertiary/aromatic N) is 2. The van der Waals surface area contributed by atoms with Gasteiger partial charge >= 0.3 is 0 Å². The molecule has 4 aromatic carbocycles. The van der Waals surface area contributed by atoms with Crippen LogP contribution in [0.4, 0.5) is 0 Å². The topological polar surface area (TPSA) is 70.9 Å². The van der Waals surface area contributed by atoms with Crippen molar-refractivity contribution >= 4 is 10.8 Å². The molecule has 2 N–H and O–H groups in total. The smallest absolute Gasteiger partial charge is 0.278 e. The van der Waals surface area contributed by atoms with Crippen molar-refractivity contribution in [3.8, 4) is 22.8 Å². The minimum Gasteiger partial charge on any atom is -0.508 e. The molecule has 0 bridgehead atoms. The molecule has 0 aliphatic carbocycles. The second kappa shape index (κ2) is 8.61. The lowest BCUT2D eigenvalue weighted by Gasteiger charge is -2.13. The molecule has 2 heterocycles. The highest BCUT2D eigenvalue weighted by Gasteiger charge is 2.20. The molecule has 35 heavy (non-hydrogen) atoms. The molecule has 0 saturated carbocycles. The highest BCUT2D eigenvalue weighted by Crippen LogP contribution is 2.25. The lowest BCUT2D eigenvalue weighted by Crippen LogP contribution is -2.17. The minimum atomic E-state index is -0.114. The molecule has 2 aliphatic heterocycles. The van der Waals surface area contributed by atoms with Gasteiger partial charge in [0.1, 0.15) is 11.4 Å². The third-order valence-corrected chi connectivity index (χ3v) is 6.34. The number of H-pyrrole nitrogens is 1. The van der Waals surface area contributed by atoms with E-state index < -0.39 is 0 Å². The van der Waals surface area contributed by atoms with E-state index in [2.05, 4.69) is 47.4 Å². The van der Waals surface area contributed by atoms with Gasteiger partial charge in [-0.05, 0) is 51.7 Å². The molecule has 4 aromatic rings. The Kier molecular flexibility index (Phi) is 5.15. The highest BCUT2D eigenvalue weighted by molar-refractivity contribution is 5.83. The van der Waals surface area contributed by atoms with Gasteiger partial charge in [0.2, 0.25) is 0 Å². The Bertz CT molecular complexity index is 1660. The molecule has 0 amide bonds. The van der Waals surface area contributed by atoms with E-state index >= 15 is 0 Å². The highest BCUT2D eigenvalue weighted by atomic mass is 16.3. The molecule has 0 fully saturated rings. The van der Waals surface area contributed by atoms with Gasteiger partial charge in [-0.2, -0.15) is 0 Å². The van der Waals surface area contributed by atoms with Crippen LogP contribution in [0.3, 0.4) is 0 Å². The zero-order chi connectivity index (χ0) is 23.8. The van der Waals surface area contributed by atoms with Crippen LogP contribution in [0.1, 0.15) is 22.5 Å². The second-order valence-electron chi connectivity index (χ2n) is 8.77. The summed E-state index contributed by atoms with van der Waals surface area (Å²) in [5, 5.41) is 12.0. The van der Waals surface area contributed by atoms with Crippen LogP contribution < -0.4 is 5.56 Å². The van der Waals surface area contributed by atoms with E-state index in [0.29, 0.717) is 24.4 Å². The predicted octanol–water partition coefficient (Wildman–Crippen LogP) is 5.71. The maximum Gasteiger partial charge on any atom is 0.278 e. The van der Waals surface area contributed by atoms with Crippen molar-refractivity contribution in [2.24, 2.45) is 0 Å². The van der Waals surface area contributed by atoms with Gasteiger partial charge in [0, 0.05) is 19.0 Å². The number of aromatic nitrogens is 3. The van der Waals surface area contributed by atoms with Crippen LogP contribution in [0, 0.1) is 0 Å². The SMILES string of the molecule is O=c1c(Cc2ccc3ccccc3c2)nc2c(Cc3ccccc3)[nH]c(-c3ccc(O)cc3)cn1-2. The van der Waals surface area contributed by atoms with Crippen LogP contribution in [0.25, 0.3) is 27.8 Å². The summed E-state index contributed by atoms with van der Waals surface area (Å²) in [4.78, 5) is 21.8. The van der Waals surface area contributed by atoms with Crippen LogP contribution in [0.15, 0.2) is 108 Å². The Morgan fingerprint density at radius 3 is 2.31 bits per heavy atom. The molecular weight excluding hydrogens is 434 g/mol. The Morgan fingerprint density at radius 2 is 1.51 bits per heavy atom. The van der Waals surface area contributed by atoms with Gasteiger partial charge in [0.15, 0.2) is 5.82 Å². The second-order valence-corrected chi connectivity index (χ2v) is 8.77. The number of hydrogen-bond donors (Lipinski definition) is 2. The number of benzene rings is 4. The Hall–Kier alpha value is -4.64. The van der Waals surface area contributed by atoms with Gasteiger partial charge in [0.25, 0.3) is 5.56 Å². The standard InChI is InChI=1S/C30H23N3O2/c34-25-14-12-23(13-15-25)28-19-33-29(26(31-28)17-20-6-2-1-3-7-20)32-27(30(33)35)18-21-10-11-22-8-4-5-9-24(22)16-21/h1-16,19,31,34H,17-18H2. The average Bonchev–Trinajstić information content (AvgIpc) is 3.20. The van der Waals surface area contributed by atoms with Gasteiger partial charge in [-0.15, -0.1) is 0 Å². The molecule has 0 atom stereocenters. The van der Waals surface area contributed by atoms with E-state index in [4.69, 9.17) is 4.98 Å². The molecule has 6 rings (SSSR count). The largest absolute Gasteiger partial charge is 0.508 e. The Labute approximate surface area is 202 Å². The van der Waals surface area contributed by atoms with E-state index in [0.717, 1.165) is 33.5 Å². The van der Waals surface area contributed by atoms with Gasteiger partial charge in [-0.3, -0.25) is 9.36 Å². The maximum atomic E-state index is 13.5. The molecule has 2 aliphatic rings. The molecule has 0 saturated heterocycles. The zero-order valence-corrected chi connectivity index (χ0v) is 19.0. The fraction of sp³-hybridized carbons (Fsp3) is 0.0667. The lowest BCUT2D eigenvalue weighted by molar-refractivity contribution is 0.475. The summed E-state index contributed by atoms with van der Waals surface area (Å²) in [5.41, 5.74) is 5.11. The van der Waals surface area contributed by atoms with Gasteiger partial charge in [0.05, 0.1) is 11.4 Å². The fourth-order valence-corrected chi connectivity index (χ4v) is 4.55. The Morgan fingerprint density at radius 1 is 0.771 bits per heavy atom. The number of hydrogen-bond acceptors (Lipinski definition) is 3. The van der Waals surface area contributed by atoms with Crippen molar-refractivity contribution < 1.29 is 5.11 Å². The van der Waals surface area contributed by atoms with Gasteiger partial charge in [-0.1, -0.05) is 72.8 Å². The maximum absolute atomic E-state index is 13.5. The molecule has 0 aromatic heterocycles. The van der Waals surface area contributed by atoms with E-state index in [-0.39, 0.29) is 11.3 Å². The number of nitrogens with one attached hydrogen (secondary N) is 1. The summed E-state index contributed by atoms with van der Waals surface area (Å²) in [6.45, 7) is 0. The summed E-state index contributed by atoms with van der Waals surface area (Å²) >= 11 is 0. The first-order valence-electron chi connectivity index (χ1n) is 11.6. The summed E-state index contributed by atoms with van der Waals surface area (Å²) in [6, 6.07) is 31.5. The summed E-state index contributed by atoms with van der Waals surface area (Å²) in [5.74, 6) is 0.835. The average molecular weight is 458 g/mol. The van der Waals surface area contributed by atoms with Gasteiger partial charge in [-0.25, -0.2) is 4.98 Å². The summed E-state index contributed by atoms with van der Waals surface area (Å²) in [7, 11) is 0. The van der Waals surface area contributed by atoms with Crippen molar-refractivity contribution in [2.75, 3.05) is 0 Å². The fourth-order valence-electron chi connectivity index (χ4n) is 4.55. The van der Waals surface area contributed by atoms with E-state index in [1.54, 1.807) is 22.9 Å². The van der Waals surface area contributed by atoms with E-state index in [1.165, 1.54) is 5.39 Å². The molecule has 5 nitrogen and oxygen atoms in total. The number of imidazole rings is 1. The van der Waals surface area contributed by atoms with Gasteiger partial charge < -0.3 is 10.1 Å². The van der Waals surface area contributed by atoms with Crippen LogP contribution in [0.5, 0.6) is 5.75 Å². The summed E-state index contributed by atoms with van der Waals surface area (Å²) < 4.78 is 1.65. The summed E-state index contributed by atoms with van der Waals surface area (Å²) in [6.07, 6.45) is 2.88. The predicted molar refractivity (Wildman–Crippen MR) is 138 cm³/mol. The van der Waals surface area contributed by atoms with Crippen LogP contribution in [-0.2, 0) is 12.8 Å². The number of aromatic hydroxyl groups is 1. The van der Waals surface area contributed by atoms with Crippen molar-refractivity contribution in [3.05, 3.63) is 136 Å². The van der Waals surface area contributed by atoms with Crippen LogP contribution in [-0.4, -0.2) is 19.6 Å². The molecule has 5 heteroatoms. The number of fused-ring (bicyclic) bond motifs is 2.